The van der Waals surface area contributed by atoms with Crippen LogP contribution in [0.4, 0.5) is 0 Å². The first kappa shape index (κ1) is 12.7. The zero-order valence-electron chi connectivity index (χ0n) is 11.2. The molecule has 3 rings (SSSR count). The van der Waals surface area contributed by atoms with Crippen LogP contribution < -0.4 is 11.3 Å². The van der Waals surface area contributed by atoms with E-state index in [1.54, 1.807) is 12.5 Å². The summed E-state index contributed by atoms with van der Waals surface area (Å²) in [6.45, 7) is 1.91. The Labute approximate surface area is 117 Å². The van der Waals surface area contributed by atoms with E-state index in [0.717, 1.165) is 22.7 Å². The molecule has 0 amide bonds. The zero-order valence-corrected chi connectivity index (χ0v) is 11.2. The van der Waals surface area contributed by atoms with E-state index in [4.69, 9.17) is 10.3 Å². The van der Waals surface area contributed by atoms with Crippen molar-refractivity contribution in [2.45, 2.75) is 13.0 Å². The highest BCUT2D eigenvalue weighted by Gasteiger charge is 2.19. The molecule has 5 heteroatoms. The Morgan fingerprint density at radius 3 is 2.70 bits per heavy atom. The number of para-hydroxylation sites is 1. The first-order valence-corrected chi connectivity index (χ1v) is 6.40. The Hall–Kier alpha value is -2.37. The number of aromatic nitrogens is 2. The summed E-state index contributed by atoms with van der Waals surface area (Å²) in [6.07, 6.45) is 3.47. The molecule has 5 nitrogen and oxygen atoms in total. The quantitative estimate of drug-likeness (QED) is 0.563. The second kappa shape index (κ2) is 5.32. The summed E-state index contributed by atoms with van der Waals surface area (Å²) in [4.78, 5) is 0. The summed E-state index contributed by atoms with van der Waals surface area (Å²) in [5.74, 6) is 6.57. The maximum atomic E-state index is 5.72. The van der Waals surface area contributed by atoms with Gasteiger partial charge >= 0.3 is 0 Å². The molecule has 0 fully saturated rings. The van der Waals surface area contributed by atoms with Crippen molar-refractivity contribution < 1.29 is 4.42 Å². The third-order valence-corrected chi connectivity index (χ3v) is 3.22. The third-order valence-electron chi connectivity index (χ3n) is 3.22. The van der Waals surface area contributed by atoms with Crippen LogP contribution in [0.5, 0.6) is 0 Å². The van der Waals surface area contributed by atoms with Crippen molar-refractivity contribution in [1.82, 2.24) is 15.2 Å². The van der Waals surface area contributed by atoms with Crippen LogP contribution in [-0.4, -0.2) is 9.78 Å². The molecule has 0 bridgehead atoms. The molecule has 1 unspecified atom stereocenters. The van der Waals surface area contributed by atoms with Gasteiger partial charge < -0.3 is 4.42 Å². The monoisotopic (exact) mass is 268 g/mol. The van der Waals surface area contributed by atoms with Crippen LogP contribution in [0.2, 0.25) is 0 Å². The Balaban J connectivity index is 2.04. The van der Waals surface area contributed by atoms with Gasteiger partial charge in [-0.2, -0.15) is 5.10 Å². The van der Waals surface area contributed by atoms with Gasteiger partial charge in [0.05, 0.1) is 23.7 Å². The topological polar surface area (TPSA) is 69.0 Å². The molecular weight excluding hydrogens is 252 g/mol. The molecule has 0 radical (unpaired) electrons. The number of nitrogens with one attached hydrogen (secondary N) is 1. The van der Waals surface area contributed by atoms with E-state index in [0.29, 0.717) is 0 Å². The highest BCUT2D eigenvalue weighted by atomic mass is 16.3. The van der Waals surface area contributed by atoms with Gasteiger partial charge in [-0.3, -0.25) is 5.84 Å². The van der Waals surface area contributed by atoms with Crippen molar-refractivity contribution in [1.29, 1.82) is 0 Å². The van der Waals surface area contributed by atoms with Crippen LogP contribution in [0.3, 0.4) is 0 Å². The molecular formula is C15H16N4O. The van der Waals surface area contributed by atoms with E-state index in [1.165, 1.54) is 0 Å². The van der Waals surface area contributed by atoms with Crippen molar-refractivity contribution in [2.24, 2.45) is 5.84 Å². The summed E-state index contributed by atoms with van der Waals surface area (Å²) >= 11 is 0. The predicted octanol–water partition coefficient (Wildman–Crippen LogP) is 2.33. The van der Waals surface area contributed by atoms with Crippen LogP contribution in [0.15, 0.2) is 59.3 Å². The number of nitrogens with zero attached hydrogens (tertiary/aromatic N) is 2. The standard InChI is InChI=1S/C15H16N4O/c1-11-9-12(10-20-11)15(18-16)14-7-8-17-19(14)13-5-3-2-4-6-13/h2-10,15,18H,16H2,1H3. The van der Waals surface area contributed by atoms with Crippen LogP contribution in [0.25, 0.3) is 5.69 Å². The van der Waals surface area contributed by atoms with Crippen LogP contribution in [0, 0.1) is 6.92 Å². The number of rotatable bonds is 4. The van der Waals surface area contributed by atoms with Crippen molar-refractivity contribution in [3.05, 3.63) is 71.9 Å². The minimum atomic E-state index is -0.171. The first-order chi connectivity index (χ1) is 9.79. The average Bonchev–Trinajstić information content (AvgIpc) is 3.11. The Morgan fingerprint density at radius 1 is 1.25 bits per heavy atom. The van der Waals surface area contributed by atoms with Gasteiger partial charge in [0, 0.05) is 11.8 Å². The fraction of sp³-hybridized carbons (Fsp3) is 0.133. The second-order valence-electron chi connectivity index (χ2n) is 4.59. The molecule has 102 valence electrons. The summed E-state index contributed by atoms with van der Waals surface area (Å²) in [6, 6.07) is 13.7. The van der Waals surface area contributed by atoms with Gasteiger partial charge in [0.15, 0.2) is 0 Å². The lowest BCUT2D eigenvalue weighted by Gasteiger charge is -2.16. The summed E-state index contributed by atoms with van der Waals surface area (Å²) < 4.78 is 7.23. The minimum absolute atomic E-state index is 0.171. The summed E-state index contributed by atoms with van der Waals surface area (Å²) in [5, 5.41) is 4.38. The van der Waals surface area contributed by atoms with Crippen molar-refractivity contribution in [3.8, 4) is 5.69 Å². The van der Waals surface area contributed by atoms with Gasteiger partial charge in [-0.25, -0.2) is 10.1 Å². The van der Waals surface area contributed by atoms with Gasteiger partial charge in [0.25, 0.3) is 0 Å². The van der Waals surface area contributed by atoms with E-state index in [2.05, 4.69) is 10.5 Å². The molecule has 0 aliphatic heterocycles. The molecule has 0 aliphatic carbocycles. The number of hydrogen-bond acceptors (Lipinski definition) is 4. The van der Waals surface area contributed by atoms with Gasteiger partial charge in [0.1, 0.15) is 5.76 Å². The van der Waals surface area contributed by atoms with Gasteiger partial charge in [-0.1, -0.05) is 18.2 Å². The maximum absolute atomic E-state index is 5.72. The highest BCUT2D eigenvalue weighted by molar-refractivity contribution is 5.36. The third kappa shape index (κ3) is 2.24. The van der Waals surface area contributed by atoms with Crippen molar-refractivity contribution in [2.75, 3.05) is 0 Å². The first-order valence-electron chi connectivity index (χ1n) is 6.40. The molecule has 0 spiro atoms. The second-order valence-corrected chi connectivity index (χ2v) is 4.59. The Kier molecular flexibility index (Phi) is 3.37. The van der Waals surface area contributed by atoms with Crippen molar-refractivity contribution >= 4 is 0 Å². The molecule has 3 N–H and O–H groups in total. The average molecular weight is 268 g/mol. The van der Waals surface area contributed by atoms with Crippen LogP contribution >= 0.6 is 0 Å². The number of aryl methyl sites for hydroxylation is 1. The van der Waals surface area contributed by atoms with E-state index < -0.39 is 0 Å². The minimum Gasteiger partial charge on any atom is -0.469 e. The number of hydrazine groups is 1. The SMILES string of the molecule is Cc1cc(C(NN)c2ccnn2-c2ccccc2)co1. The van der Waals surface area contributed by atoms with Gasteiger partial charge in [0.2, 0.25) is 0 Å². The molecule has 0 saturated carbocycles. The molecule has 2 aromatic heterocycles. The molecule has 0 aliphatic rings. The molecule has 2 heterocycles. The lowest BCUT2D eigenvalue weighted by Crippen LogP contribution is -2.30. The Morgan fingerprint density at radius 2 is 2.05 bits per heavy atom. The maximum Gasteiger partial charge on any atom is 0.101 e. The molecule has 1 atom stereocenters. The van der Waals surface area contributed by atoms with Gasteiger partial charge in [-0.15, -0.1) is 0 Å². The number of nitrogens with two attached hydrogens (primary N) is 1. The van der Waals surface area contributed by atoms with Gasteiger partial charge in [-0.05, 0) is 31.2 Å². The normalized spacial score (nSPS) is 12.5. The number of benzene rings is 1. The summed E-state index contributed by atoms with van der Waals surface area (Å²) in [7, 11) is 0. The van der Waals surface area contributed by atoms with E-state index in [-0.39, 0.29) is 6.04 Å². The van der Waals surface area contributed by atoms with E-state index in [1.807, 2.05) is 54.1 Å². The smallest absolute Gasteiger partial charge is 0.101 e. The predicted molar refractivity (Wildman–Crippen MR) is 76.2 cm³/mol. The van der Waals surface area contributed by atoms with Crippen molar-refractivity contribution in [3.63, 3.8) is 0 Å². The Bertz CT molecular complexity index is 687. The lowest BCUT2D eigenvalue weighted by atomic mass is 10.1. The van der Waals surface area contributed by atoms with E-state index in [9.17, 15) is 0 Å². The molecule has 3 aromatic rings. The highest BCUT2D eigenvalue weighted by Crippen LogP contribution is 2.24. The van der Waals surface area contributed by atoms with E-state index >= 15 is 0 Å². The molecule has 20 heavy (non-hydrogen) atoms. The van der Waals surface area contributed by atoms with Crippen LogP contribution in [-0.2, 0) is 0 Å². The fourth-order valence-corrected chi connectivity index (χ4v) is 2.28. The fourth-order valence-electron chi connectivity index (χ4n) is 2.28. The number of furan rings is 1. The zero-order chi connectivity index (χ0) is 13.9. The number of hydrogen-bond donors (Lipinski definition) is 2. The summed E-state index contributed by atoms with van der Waals surface area (Å²) in [5.41, 5.74) is 5.75. The van der Waals surface area contributed by atoms with Crippen LogP contribution in [0.1, 0.15) is 23.1 Å². The molecule has 1 aromatic carbocycles. The largest absolute Gasteiger partial charge is 0.469 e. The molecule has 0 saturated heterocycles. The lowest BCUT2D eigenvalue weighted by molar-refractivity contribution is 0.523.